The Labute approximate surface area is 126 Å². The van der Waals surface area contributed by atoms with Crippen molar-refractivity contribution in [3.63, 3.8) is 0 Å². The first-order valence-electron chi connectivity index (χ1n) is 6.74. The molecule has 0 spiro atoms. The van der Waals surface area contributed by atoms with Gasteiger partial charge in [0, 0.05) is 6.04 Å². The van der Waals surface area contributed by atoms with Gasteiger partial charge < -0.3 is 10.1 Å². The average molecular weight is 314 g/mol. The number of sulfonamides is 1. The smallest absolute Gasteiger partial charge is 0.240 e. The summed E-state index contributed by atoms with van der Waals surface area (Å²) in [6, 6.07) is 6.70. The first kappa shape index (κ1) is 17.3. The van der Waals surface area contributed by atoms with Crippen LogP contribution < -0.4 is 14.4 Å². The molecule has 1 aromatic carbocycles. The highest BCUT2D eigenvalue weighted by molar-refractivity contribution is 7.92. The molecule has 1 N–H and O–H groups in total. The van der Waals surface area contributed by atoms with Gasteiger partial charge in [0.05, 0.1) is 18.6 Å². The first-order valence-corrected chi connectivity index (χ1v) is 8.59. The van der Waals surface area contributed by atoms with Gasteiger partial charge in [-0.25, -0.2) is 8.42 Å². The van der Waals surface area contributed by atoms with Gasteiger partial charge in [-0.1, -0.05) is 12.1 Å². The van der Waals surface area contributed by atoms with E-state index < -0.39 is 10.0 Å². The molecule has 0 radical (unpaired) electrons. The van der Waals surface area contributed by atoms with Crippen LogP contribution in [0.4, 0.5) is 5.69 Å². The zero-order chi connectivity index (χ0) is 16.0. The molecule has 0 saturated heterocycles. The minimum Gasteiger partial charge on any atom is -0.492 e. The maximum atomic E-state index is 12.0. The zero-order valence-corrected chi connectivity index (χ0v) is 13.6. The number of rotatable bonds is 7. The maximum Gasteiger partial charge on any atom is 0.240 e. The second kappa shape index (κ2) is 7.31. The van der Waals surface area contributed by atoms with Crippen LogP contribution in [0.2, 0.25) is 0 Å². The summed E-state index contributed by atoms with van der Waals surface area (Å²) < 4.78 is 30.5. The lowest BCUT2D eigenvalue weighted by Crippen LogP contribution is -2.42. The number of carbonyl (C=O) groups is 1. The van der Waals surface area contributed by atoms with Crippen LogP contribution in [0, 0.1) is 0 Å². The summed E-state index contributed by atoms with van der Waals surface area (Å²) in [7, 11) is -3.60. The molecule has 0 aliphatic rings. The Morgan fingerprint density at radius 3 is 2.48 bits per heavy atom. The average Bonchev–Trinajstić information content (AvgIpc) is 2.35. The summed E-state index contributed by atoms with van der Waals surface area (Å²) in [5.74, 6) is 0.0736. The van der Waals surface area contributed by atoms with E-state index in [4.69, 9.17) is 4.74 Å². The summed E-state index contributed by atoms with van der Waals surface area (Å²) in [5.41, 5.74) is 0.362. The molecule has 1 rings (SSSR count). The van der Waals surface area contributed by atoms with Gasteiger partial charge in [0.25, 0.3) is 0 Å². The van der Waals surface area contributed by atoms with Crippen LogP contribution in [0.25, 0.3) is 0 Å². The molecule has 0 aliphatic heterocycles. The van der Waals surface area contributed by atoms with Crippen molar-refractivity contribution in [2.75, 3.05) is 23.7 Å². The second-order valence-corrected chi connectivity index (χ2v) is 6.80. The Balaban J connectivity index is 3.13. The number of ether oxygens (including phenoxy) is 1. The molecule has 0 atom stereocenters. The largest absolute Gasteiger partial charge is 0.492 e. The van der Waals surface area contributed by atoms with E-state index in [2.05, 4.69) is 5.32 Å². The SMILES string of the molecule is CCOc1ccccc1N(CC(=O)NC(C)C)S(C)(=O)=O. The molecule has 0 bridgehead atoms. The molecule has 1 amide bonds. The van der Waals surface area contributed by atoms with Gasteiger partial charge in [0.15, 0.2) is 0 Å². The molecule has 6 nitrogen and oxygen atoms in total. The van der Waals surface area contributed by atoms with Gasteiger partial charge in [-0.15, -0.1) is 0 Å². The van der Waals surface area contributed by atoms with Crippen molar-refractivity contribution in [2.45, 2.75) is 26.8 Å². The molecule has 21 heavy (non-hydrogen) atoms. The van der Waals surface area contributed by atoms with Crippen LogP contribution >= 0.6 is 0 Å². The molecule has 7 heteroatoms. The number of hydrogen-bond acceptors (Lipinski definition) is 4. The number of para-hydroxylation sites is 2. The fraction of sp³-hybridized carbons (Fsp3) is 0.500. The Hall–Kier alpha value is -1.76. The van der Waals surface area contributed by atoms with Crippen molar-refractivity contribution in [3.8, 4) is 5.75 Å². The minimum atomic E-state index is -3.60. The van der Waals surface area contributed by atoms with Crippen molar-refractivity contribution >= 4 is 21.6 Å². The number of nitrogens with one attached hydrogen (secondary N) is 1. The quantitative estimate of drug-likeness (QED) is 0.825. The highest BCUT2D eigenvalue weighted by atomic mass is 32.2. The highest BCUT2D eigenvalue weighted by Gasteiger charge is 2.23. The predicted molar refractivity (Wildman–Crippen MR) is 83.1 cm³/mol. The summed E-state index contributed by atoms with van der Waals surface area (Å²) in [6.07, 6.45) is 1.07. The first-order chi connectivity index (χ1) is 9.75. The molecule has 0 unspecified atom stereocenters. The fourth-order valence-corrected chi connectivity index (χ4v) is 2.68. The van der Waals surface area contributed by atoms with Crippen LogP contribution in [0.5, 0.6) is 5.75 Å². The van der Waals surface area contributed by atoms with E-state index in [0.717, 1.165) is 10.6 Å². The second-order valence-electron chi connectivity index (χ2n) is 4.89. The van der Waals surface area contributed by atoms with Gasteiger partial charge in [-0.2, -0.15) is 0 Å². The Morgan fingerprint density at radius 1 is 1.33 bits per heavy atom. The third-order valence-corrected chi connectivity index (χ3v) is 3.70. The van der Waals surface area contributed by atoms with Crippen molar-refractivity contribution in [1.29, 1.82) is 0 Å². The number of anilines is 1. The number of hydrogen-bond donors (Lipinski definition) is 1. The molecular formula is C14H22N2O4S. The maximum absolute atomic E-state index is 12.0. The van der Waals surface area contributed by atoms with Gasteiger partial charge >= 0.3 is 0 Å². The summed E-state index contributed by atoms with van der Waals surface area (Å²) >= 11 is 0. The van der Waals surface area contributed by atoms with E-state index in [9.17, 15) is 13.2 Å². The van der Waals surface area contributed by atoms with Crippen LogP contribution in [-0.4, -0.2) is 39.8 Å². The molecule has 0 saturated carbocycles. The van der Waals surface area contributed by atoms with Gasteiger partial charge in [-0.3, -0.25) is 9.10 Å². The highest BCUT2D eigenvalue weighted by Crippen LogP contribution is 2.29. The summed E-state index contributed by atoms with van der Waals surface area (Å²) in [6.45, 7) is 5.58. The molecule has 118 valence electrons. The minimum absolute atomic E-state index is 0.0546. The zero-order valence-electron chi connectivity index (χ0n) is 12.8. The number of carbonyl (C=O) groups excluding carboxylic acids is 1. The molecule has 0 heterocycles. The number of nitrogens with zero attached hydrogens (tertiary/aromatic N) is 1. The van der Waals surface area contributed by atoms with E-state index in [1.54, 1.807) is 24.3 Å². The standard InChI is InChI=1S/C14H22N2O4S/c1-5-20-13-9-7-6-8-12(13)16(21(4,18)19)10-14(17)15-11(2)3/h6-9,11H,5,10H2,1-4H3,(H,15,17). The molecule has 1 aromatic rings. The molecule has 0 fully saturated rings. The Morgan fingerprint density at radius 2 is 1.95 bits per heavy atom. The van der Waals surface area contributed by atoms with E-state index in [1.807, 2.05) is 20.8 Å². The summed E-state index contributed by atoms with van der Waals surface area (Å²) in [4.78, 5) is 11.9. The third kappa shape index (κ3) is 5.26. The van der Waals surface area contributed by atoms with Crippen molar-refractivity contribution in [2.24, 2.45) is 0 Å². The van der Waals surface area contributed by atoms with Crippen molar-refractivity contribution in [1.82, 2.24) is 5.32 Å². The van der Waals surface area contributed by atoms with E-state index >= 15 is 0 Å². The molecular weight excluding hydrogens is 292 g/mol. The molecule has 0 aromatic heterocycles. The Kier molecular flexibility index (Phi) is 6.02. The number of benzene rings is 1. The predicted octanol–water partition coefficient (Wildman–Crippen LogP) is 1.38. The lowest BCUT2D eigenvalue weighted by atomic mass is 10.3. The number of amides is 1. The van der Waals surface area contributed by atoms with E-state index in [-0.39, 0.29) is 18.5 Å². The summed E-state index contributed by atoms with van der Waals surface area (Å²) in [5, 5.41) is 2.68. The normalized spacial score (nSPS) is 11.3. The van der Waals surface area contributed by atoms with Crippen LogP contribution in [0.15, 0.2) is 24.3 Å². The van der Waals surface area contributed by atoms with E-state index in [0.29, 0.717) is 18.0 Å². The lowest BCUT2D eigenvalue weighted by molar-refractivity contribution is -0.120. The van der Waals surface area contributed by atoms with Gasteiger partial charge in [0.1, 0.15) is 12.3 Å². The lowest BCUT2D eigenvalue weighted by Gasteiger charge is -2.24. The monoisotopic (exact) mass is 314 g/mol. The van der Waals surface area contributed by atoms with Gasteiger partial charge in [-0.05, 0) is 32.9 Å². The van der Waals surface area contributed by atoms with Gasteiger partial charge in [0.2, 0.25) is 15.9 Å². The Bertz CT molecular complexity index is 584. The van der Waals surface area contributed by atoms with Crippen LogP contribution in [0.3, 0.4) is 0 Å². The van der Waals surface area contributed by atoms with Crippen molar-refractivity contribution in [3.05, 3.63) is 24.3 Å². The van der Waals surface area contributed by atoms with Crippen LogP contribution in [0.1, 0.15) is 20.8 Å². The molecule has 0 aliphatic carbocycles. The van der Waals surface area contributed by atoms with Crippen molar-refractivity contribution < 1.29 is 17.9 Å². The topological polar surface area (TPSA) is 75.7 Å². The van der Waals surface area contributed by atoms with E-state index in [1.165, 1.54) is 0 Å². The van der Waals surface area contributed by atoms with Crippen LogP contribution in [-0.2, 0) is 14.8 Å². The third-order valence-electron chi connectivity index (χ3n) is 2.57. The fourth-order valence-electron chi connectivity index (χ4n) is 1.82.